The molecule has 5 aromatic rings. The van der Waals surface area contributed by atoms with Crippen LogP contribution in [0.5, 0.6) is 0 Å². The molecule has 0 N–H and O–H groups in total. The summed E-state index contributed by atoms with van der Waals surface area (Å²) in [7, 11) is 0. The Balaban J connectivity index is 1.95. The molecule has 2 heteroatoms. The van der Waals surface area contributed by atoms with Crippen molar-refractivity contribution in [1.29, 1.82) is 0 Å². The molecule has 0 radical (unpaired) electrons. The van der Waals surface area contributed by atoms with Crippen LogP contribution in [0.4, 0.5) is 4.39 Å². The average Bonchev–Trinajstić information content (AvgIpc) is 2.79. The monoisotopic (exact) mass is 375 g/mol. The number of hydrogen-bond donors (Lipinski definition) is 0. The van der Waals surface area contributed by atoms with Gasteiger partial charge in [0.1, 0.15) is 5.82 Å². The van der Waals surface area contributed by atoms with Gasteiger partial charge in [-0.1, -0.05) is 91.0 Å². The lowest BCUT2D eigenvalue weighted by Crippen LogP contribution is -1.96. The summed E-state index contributed by atoms with van der Waals surface area (Å²) in [5.74, 6) is -0.251. The zero-order chi connectivity index (χ0) is 19.6. The van der Waals surface area contributed by atoms with Gasteiger partial charge < -0.3 is 0 Å². The van der Waals surface area contributed by atoms with Crippen molar-refractivity contribution in [3.05, 3.63) is 115 Å². The van der Waals surface area contributed by atoms with Crippen molar-refractivity contribution in [3.63, 3.8) is 0 Å². The maximum absolute atomic E-state index is 14.4. The highest BCUT2D eigenvalue weighted by Crippen LogP contribution is 2.40. The molecule has 4 aromatic carbocycles. The van der Waals surface area contributed by atoms with Crippen LogP contribution in [-0.4, -0.2) is 4.98 Å². The minimum Gasteiger partial charge on any atom is -0.246 e. The van der Waals surface area contributed by atoms with E-state index in [-0.39, 0.29) is 5.82 Å². The molecular weight excluding hydrogens is 357 g/mol. The second-order valence-corrected chi connectivity index (χ2v) is 6.97. The van der Waals surface area contributed by atoms with Crippen LogP contribution in [0.15, 0.2) is 109 Å². The second kappa shape index (κ2) is 7.33. The van der Waals surface area contributed by atoms with Crippen molar-refractivity contribution in [2.75, 3.05) is 0 Å². The molecule has 0 aliphatic heterocycles. The molecule has 0 spiro atoms. The van der Waals surface area contributed by atoms with E-state index in [1.54, 1.807) is 6.07 Å². The molecule has 0 saturated heterocycles. The Bertz CT molecular complexity index is 1280. The Kier molecular flexibility index (Phi) is 4.38. The van der Waals surface area contributed by atoms with Gasteiger partial charge in [-0.05, 0) is 29.1 Å². The van der Waals surface area contributed by atoms with E-state index in [0.29, 0.717) is 0 Å². The zero-order valence-electron chi connectivity index (χ0n) is 15.7. The van der Waals surface area contributed by atoms with Crippen LogP contribution in [-0.2, 0) is 0 Å². The quantitative estimate of drug-likeness (QED) is 0.321. The van der Waals surface area contributed by atoms with Gasteiger partial charge >= 0.3 is 0 Å². The van der Waals surface area contributed by atoms with E-state index in [1.165, 1.54) is 6.07 Å². The Morgan fingerprint density at radius 1 is 0.483 bits per heavy atom. The van der Waals surface area contributed by atoms with Crippen LogP contribution in [0.2, 0.25) is 0 Å². The first-order valence-electron chi connectivity index (χ1n) is 9.61. The fraction of sp³-hybridized carbons (Fsp3) is 0. The number of aromatic nitrogens is 1. The van der Waals surface area contributed by atoms with Gasteiger partial charge in [0, 0.05) is 22.1 Å². The molecule has 0 atom stereocenters. The molecule has 1 heterocycles. The standard InChI is InChI=1S/C27H18FN/c28-22-16-17-23-24(18-22)25(19-10-4-1-5-11-19)27(21-14-8-3-9-15-21)29-26(23)20-12-6-2-7-13-20/h1-18H. The van der Waals surface area contributed by atoms with E-state index in [4.69, 9.17) is 4.98 Å². The van der Waals surface area contributed by atoms with E-state index < -0.39 is 0 Å². The van der Waals surface area contributed by atoms with E-state index in [1.807, 2.05) is 72.8 Å². The van der Waals surface area contributed by atoms with Gasteiger partial charge in [0.25, 0.3) is 0 Å². The summed E-state index contributed by atoms with van der Waals surface area (Å²) in [5, 5.41) is 1.81. The molecule has 0 fully saturated rings. The topological polar surface area (TPSA) is 12.9 Å². The minimum atomic E-state index is -0.251. The van der Waals surface area contributed by atoms with Gasteiger partial charge in [0.15, 0.2) is 0 Å². The van der Waals surface area contributed by atoms with Crippen molar-refractivity contribution in [2.24, 2.45) is 0 Å². The molecule has 0 saturated carbocycles. The third kappa shape index (κ3) is 3.19. The fourth-order valence-corrected chi connectivity index (χ4v) is 3.80. The highest BCUT2D eigenvalue weighted by Gasteiger charge is 2.18. The number of nitrogens with zero attached hydrogens (tertiary/aromatic N) is 1. The van der Waals surface area contributed by atoms with Gasteiger partial charge in [-0.3, -0.25) is 0 Å². The first kappa shape index (κ1) is 17.3. The van der Waals surface area contributed by atoms with E-state index >= 15 is 0 Å². The zero-order valence-corrected chi connectivity index (χ0v) is 15.7. The molecule has 29 heavy (non-hydrogen) atoms. The third-order valence-electron chi connectivity index (χ3n) is 5.12. The first-order chi connectivity index (χ1) is 14.3. The molecule has 0 aliphatic rings. The van der Waals surface area contributed by atoms with Crippen LogP contribution < -0.4 is 0 Å². The second-order valence-electron chi connectivity index (χ2n) is 6.97. The number of halogens is 1. The molecule has 5 rings (SSSR count). The number of pyridine rings is 1. The maximum Gasteiger partial charge on any atom is 0.123 e. The molecule has 1 aromatic heterocycles. The Labute approximate surface area is 169 Å². The third-order valence-corrected chi connectivity index (χ3v) is 5.12. The number of hydrogen-bond acceptors (Lipinski definition) is 1. The molecule has 0 unspecified atom stereocenters. The van der Waals surface area contributed by atoms with Gasteiger partial charge in [-0.25, -0.2) is 9.37 Å². The number of rotatable bonds is 3. The summed E-state index contributed by atoms with van der Waals surface area (Å²) >= 11 is 0. The summed E-state index contributed by atoms with van der Waals surface area (Å²) in [6, 6.07) is 35.2. The van der Waals surface area contributed by atoms with E-state index in [2.05, 4.69) is 24.3 Å². The molecule has 0 aliphatic carbocycles. The number of fused-ring (bicyclic) bond motifs is 1. The van der Waals surface area contributed by atoms with Crippen molar-refractivity contribution in [2.45, 2.75) is 0 Å². The van der Waals surface area contributed by atoms with Gasteiger partial charge in [0.2, 0.25) is 0 Å². The van der Waals surface area contributed by atoms with Crippen LogP contribution >= 0.6 is 0 Å². The SMILES string of the molecule is Fc1ccc2c(-c3ccccc3)nc(-c3ccccc3)c(-c3ccccc3)c2c1. The van der Waals surface area contributed by atoms with Crippen LogP contribution in [0.25, 0.3) is 44.4 Å². The predicted molar refractivity (Wildman–Crippen MR) is 118 cm³/mol. The fourth-order valence-electron chi connectivity index (χ4n) is 3.80. The van der Waals surface area contributed by atoms with Gasteiger partial charge in [-0.2, -0.15) is 0 Å². The normalized spacial score (nSPS) is 10.9. The summed E-state index contributed by atoms with van der Waals surface area (Å²) in [4.78, 5) is 5.12. The molecular formula is C27H18FN. The number of benzene rings is 4. The lowest BCUT2D eigenvalue weighted by molar-refractivity contribution is 0.630. The minimum absolute atomic E-state index is 0.251. The molecule has 0 bridgehead atoms. The van der Waals surface area contributed by atoms with E-state index in [0.717, 1.165) is 44.4 Å². The Morgan fingerprint density at radius 3 is 1.59 bits per heavy atom. The van der Waals surface area contributed by atoms with Crippen molar-refractivity contribution in [1.82, 2.24) is 4.98 Å². The highest BCUT2D eigenvalue weighted by molar-refractivity contribution is 6.08. The average molecular weight is 375 g/mol. The van der Waals surface area contributed by atoms with Gasteiger partial charge in [-0.15, -0.1) is 0 Å². The van der Waals surface area contributed by atoms with E-state index in [9.17, 15) is 4.39 Å². The van der Waals surface area contributed by atoms with Crippen molar-refractivity contribution < 1.29 is 4.39 Å². The van der Waals surface area contributed by atoms with Crippen molar-refractivity contribution in [3.8, 4) is 33.6 Å². The summed E-state index contributed by atoms with van der Waals surface area (Å²) in [6.45, 7) is 0. The van der Waals surface area contributed by atoms with Crippen LogP contribution in [0, 0.1) is 5.82 Å². The molecule has 1 nitrogen and oxygen atoms in total. The lowest BCUT2D eigenvalue weighted by atomic mass is 9.91. The van der Waals surface area contributed by atoms with Gasteiger partial charge in [0.05, 0.1) is 11.4 Å². The maximum atomic E-state index is 14.4. The highest BCUT2D eigenvalue weighted by atomic mass is 19.1. The largest absolute Gasteiger partial charge is 0.246 e. The first-order valence-corrected chi connectivity index (χ1v) is 9.61. The molecule has 0 amide bonds. The summed E-state index contributed by atoms with van der Waals surface area (Å²) < 4.78 is 14.4. The smallest absolute Gasteiger partial charge is 0.123 e. The summed E-state index contributed by atoms with van der Waals surface area (Å²) in [6.07, 6.45) is 0. The summed E-state index contributed by atoms with van der Waals surface area (Å²) in [5.41, 5.74) is 5.71. The van der Waals surface area contributed by atoms with Crippen LogP contribution in [0.3, 0.4) is 0 Å². The lowest BCUT2D eigenvalue weighted by Gasteiger charge is -2.17. The van der Waals surface area contributed by atoms with Crippen LogP contribution in [0.1, 0.15) is 0 Å². The van der Waals surface area contributed by atoms with Crippen molar-refractivity contribution >= 4 is 10.8 Å². The Hall–Kier alpha value is -3.78. The molecule has 138 valence electrons. The Morgan fingerprint density at radius 2 is 1.00 bits per heavy atom. The predicted octanol–water partition coefficient (Wildman–Crippen LogP) is 7.37.